The second-order valence-corrected chi connectivity index (χ2v) is 4.61. The minimum absolute atomic E-state index is 0.363. The van der Waals surface area contributed by atoms with Crippen LogP contribution in [0.15, 0.2) is 12.3 Å². The number of rotatable bonds is 3. The second kappa shape index (κ2) is 5.69. The molecule has 96 valence electrons. The summed E-state index contributed by atoms with van der Waals surface area (Å²) < 4.78 is 0. The summed E-state index contributed by atoms with van der Waals surface area (Å²) in [5, 5.41) is 12.3. The molecule has 1 aliphatic rings. The summed E-state index contributed by atoms with van der Waals surface area (Å²) in [6.07, 6.45) is 3.93. The normalized spacial score (nSPS) is 20.3. The van der Waals surface area contributed by atoms with Crippen LogP contribution in [0.2, 0.25) is 0 Å². The number of hydrogen-bond acceptors (Lipinski definition) is 5. The molecule has 0 saturated carbocycles. The van der Waals surface area contributed by atoms with Gasteiger partial charge in [-0.1, -0.05) is 6.92 Å². The van der Waals surface area contributed by atoms with E-state index in [9.17, 15) is 0 Å². The fourth-order valence-electron chi connectivity index (χ4n) is 2.34. The van der Waals surface area contributed by atoms with Gasteiger partial charge in [0.05, 0.1) is 11.3 Å². The fraction of sp³-hybridized carbons (Fsp3) is 0.538. The standard InChI is InChI=1S/C13H19N5/c1-2-18-7-3-4-11(9-18)17-13-12(15)10(8-14)5-6-16-13/h5-6,11H,2-4,7,9,15H2,1H3,(H,16,17). The van der Waals surface area contributed by atoms with Gasteiger partial charge < -0.3 is 16.0 Å². The zero-order valence-electron chi connectivity index (χ0n) is 10.7. The smallest absolute Gasteiger partial charge is 0.150 e. The highest BCUT2D eigenvalue weighted by Crippen LogP contribution is 2.22. The quantitative estimate of drug-likeness (QED) is 0.842. The number of nitriles is 1. The molecule has 1 unspecified atom stereocenters. The minimum atomic E-state index is 0.363. The highest BCUT2D eigenvalue weighted by Gasteiger charge is 2.19. The van der Waals surface area contributed by atoms with Crippen molar-refractivity contribution in [2.24, 2.45) is 0 Å². The van der Waals surface area contributed by atoms with Crippen LogP contribution in [0.1, 0.15) is 25.3 Å². The molecule has 1 atom stereocenters. The molecule has 0 bridgehead atoms. The van der Waals surface area contributed by atoms with E-state index in [2.05, 4.69) is 28.2 Å². The van der Waals surface area contributed by atoms with Gasteiger partial charge in [-0.05, 0) is 32.0 Å². The molecule has 1 aromatic rings. The number of nitrogens with one attached hydrogen (secondary N) is 1. The lowest BCUT2D eigenvalue weighted by Crippen LogP contribution is -2.42. The van der Waals surface area contributed by atoms with Gasteiger partial charge in [-0.2, -0.15) is 5.26 Å². The van der Waals surface area contributed by atoms with E-state index in [1.807, 2.05) is 0 Å². The van der Waals surface area contributed by atoms with Gasteiger partial charge in [-0.15, -0.1) is 0 Å². The van der Waals surface area contributed by atoms with Crippen molar-refractivity contribution < 1.29 is 0 Å². The second-order valence-electron chi connectivity index (χ2n) is 4.61. The molecule has 1 aliphatic heterocycles. The summed E-state index contributed by atoms with van der Waals surface area (Å²) in [6.45, 7) is 5.41. The first kappa shape index (κ1) is 12.7. The first-order valence-electron chi connectivity index (χ1n) is 6.38. The van der Waals surface area contributed by atoms with Gasteiger partial charge in [-0.3, -0.25) is 0 Å². The van der Waals surface area contributed by atoms with Gasteiger partial charge in [0.2, 0.25) is 0 Å². The van der Waals surface area contributed by atoms with Crippen LogP contribution in [-0.4, -0.2) is 35.6 Å². The third-order valence-electron chi connectivity index (χ3n) is 3.40. The van der Waals surface area contributed by atoms with Gasteiger partial charge in [0.25, 0.3) is 0 Å². The lowest BCUT2D eigenvalue weighted by molar-refractivity contribution is 0.226. The Balaban J connectivity index is 2.07. The summed E-state index contributed by atoms with van der Waals surface area (Å²) >= 11 is 0. The molecule has 2 heterocycles. The lowest BCUT2D eigenvalue weighted by atomic mass is 10.1. The van der Waals surface area contributed by atoms with Gasteiger partial charge >= 0.3 is 0 Å². The van der Waals surface area contributed by atoms with E-state index < -0.39 is 0 Å². The van der Waals surface area contributed by atoms with E-state index in [0.717, 1.165) is 26.1 Å². The van der Waals surface area contributed by atoms with Crippen LogP contribution in [0.25, 0.3) is 0 Å². The number of nitrogens with zero attached hydrogens (tertiary/aromatic N) is 3. The lowest BCUT2D eigenvalue weighted by Gasteiger charge is -2.32. The van der Waals surface area contributed by atoms with Crippen molar-refractivity contribution in [1.29, 1.82) is 5.26 Å². The molecule has 0 spiro atoms. The molecule has 1 saturated heterocycles. The van der Waals surface area contributed by atoms with Crippen molar-refractivity contribution in [2.75, 3.05) is 30.7 Å². The summed E-state index contributed by atoms with van der Waals surface area (Å²) in [4.78, 5) is 6.63. The van der Waals surface area contributed by atoms with E-state index in [-0.39, 0.29) is 0 Å². The highest BCUT2D eigenvalue weighted by atomic mass is 15.2. The fourth-order valence-corrected chi connectivity index (χ4v) is 2.34. The van der Waals surface area contributed by atoms with E-state index in [0.29, 0.717) is 23.1 Å². The van der Waals surface area contributed by atoms with Crippen LogP contribution in [0.3, 0.4) is 0 Å². The third kappa shape index (κ3) is 2.71. The Morgan fingerprint density at radius 2 is 2.50 bits per heavy atom. The number of likely N-dealkylation sites (N-methyl/N-ethyl adjacent to an activating group) is 1. The van der Waals surface area contributed by atoms with E-state index in [1.54, 1.807) is 12.3 Å². The Bertz CT molecular complexity index is 451. The highest BCUT2D eigenvalue weighted by molar-refractivity contribution is 5.69. The summed E-state index contributed by atoms with van der Waals surface area (Å²) in [5.41, 5.74) is 6.85. The number of likely N-dealkylation sites (tertiary alicyclic amines) is 1. The topological polar surface area (TPSA) is 78.0 Å². The van der Waals surface area contributed by atoms with Crippen molar-refractivity contribution in [2.45, 2.75) is 25.8 Å². The van der Waals surface area contributed by atoms with Gasteiger partial charge in [0.1, 0.15) is 6.07 Å². The molecule has 18 heavy (non-hydrogen) atoms. The van der Waals surface area contributed by atoms with Gasteiger partial charge in [0, 0.05) is 18.8 Å². The molecular weight excluding hydrogens is 226 g/mol. The third-order valence-corrected chi connectivity index (χ3v) is 3.40. The van der Waals surface area contributed by atoms with Crippen LogP contribution in [0.4, 0.5) is 11.5 Å². The van der Waals surface area contributed by atoms with Crippen molar-refractivity contribution in [1.82, 2.24) is 9.88 Å². The zero-order valence-corrected chi connectivity index (χ0v) is 10.7. The average molecular weight is 245 g/mol. The van der Waals surface area contributed by atoms with Crippen molar-refractivity contribution in [3.8, 4) is 6.07 Å². The number of nitrogens with two attached hydrogens (primary N) is 1. The van der Waals surface area contributed by atoms with Crippen LogP contribution < -0.4 is 11.1 Å². The number of hydrogen-bond donors (Lipinski definition) is 2. The number of piperidine rings is 1. The van der Waals surface area contributed by atoms with Crippen LogP contribution in [-0.2, 0) is 0 Å². The molecule has 5 nitrogen and oxygen atoms in total. The Hall–Kier alpha value is -1.80. The van der Waals surface area contributed by atoms with E-state index >= 15 is 0 Å². The molecule has 0 aromatic carbocycles. The molecular formula is C13H19N5. The van der Waals surface area contributed by atoms with Crippen LogP contribution in [0.5, 0.6) is 0 Å². The SMILES string of the molecule is CCN1CCCC(Nc2nccc(C#N)c2N)C1. The Morgan fingerprint density at radius 3 is 3.22 bits per heavy atom. The number of nitrogen functional groups attached to an aromatic ring is 1. The summed E-state index contributed by atoms with van der Waals surface area (Å²) in [7, 11) is 0. The minimum Gasteiger partial charge on any atom is -0.395 e. The maximum absolute atomic E-state index is 8.94. The van der Waals surface area contributed by atoms with E-state index in [1.165, 1.54) is 6.42 Å². The predicted octanol–water partition coefficient (Wildman–Crippen LogP) is 1.43. The maximum Gasteiger partial charge on any atom is 0.150 e. The van der Waals surface area contributed by atoms with E-state index in [4.69, 9.17) is 11.0 Å². The summed E-state index contributed by atoms with van der Waals surface area (Å²) in [6, 6.07) is 4.08. The van der Waals surface area contributed by atoms with Gasteiger partial charge in [-0.25, -0.2) is 4.98 Å². The Labute approximate surface area is 108 Å². The number of pyridine rings is 1. The molecule has 0 aliphatic carbocycles. The van der Waals surface area contributed by atoms with Crippen molar-refractivity contribution >= 4 is 11.5 Å². The molecule has 0 amide bonds. The number of aromatic nitrogens is 1. The molecule has 0 radical (unpaired) electrons. The Kier molecular flexibility index (Phi) is 4.00. The molecule has 1 fully saturated rings. The average Bonchev–Trinajstić information content (AvgIpc) is 2.41. The molecule has 1 aromatic heterocycles. The Morgan fingerprint density at radius 1 is 1.67 bits per heavy atom. The summed E-state index contributed by atoms with van der Waals surface area (Å²) in [5.74, 6) is 0.636. The van der Waals surface area contributed by atoms with Crippen LogP contribution in [0, 0.1) is 11.3 Å². The van der Waals surface area contributed by atoms with Crippen LogP contribution >= 0.6 is 0 Å². The first-order valence-corrected chi connectivity index (χ1v) is 6.38. The largest absolute Gasteiger partial charge is 0.395 e. The zero-order chi connectivity index (χ0) is 13.0. The number of anilines is 2. The van der Waals surface area contributed by atoms with Crippen molar-refractivity contribution in [3.63, 3.8) is 0 Å². The monoisotopic (exact) mass is 245 g/mol. The molecule has 5 heteroatoms. The molecule has 3 N–H and O–H groups in total. The van der Waals surface area contributed by atoms with Gasteiger partial charge in [0.15, 0.2) is 5.82 Å². The predicted molar refractivity (Wildman–Crippen MR) is 72.1 cm³/mol. The van der Waals surface area contributed by atoms with Crippen molar-refractivity contribution in [3.05, 3.63) is 17.8 Å². The first-order chi connectivity index (χ1) is 8.74. The molecule has 2 rings (SSSR count). The maximum atomic E-state index is 8.94.